The summed E-state index contributed by atoms with van der Waals surface area (Å²) in [7, 11) is 0. The van der Waals surface area contributed by atoms with E-state index < -0.39 is 54.4 Å². The van der Waals surface area contributed by atoms with Gasteiger partial charge in [-0.05, 0) is 19.3 Å². The highest BCUT2D eigenvalue weighted by Gasteiger charge is 2.51. The molecule has 1 aliphatic rings. The minimum atomic E-state index is -1.11. The number of allylic oxidation sites excluding steroid dienone is 1. The molecule has 1 heterocycles. The molecule has 0 radical (unpaired) electrons. The van der Waals surface area contributed by atoms with Gasteiger partial charge in [-0.3, -0.25) is 19.2 Å². The van der Waals surface area contributed by atoms with Gasteiger partial charge in [-0.25, -0.2) is 0 Å². The van der Waals surface area contributed by atoms with Gasteiger partial charge >= 0.3 is 23.9 Å². The fourth-order valence-corrected chi connectivity index (χ4v) is 3.01. The molecule has 0 aromatic carbocycles. The van der Waals surface area contributed by atoms with E-state index in [2.05, 4.69) is 6.58 Å². The van der Waals surface area contributed by atoms with Crippen LogP contribution in [0.4, 0.5) is 0 Å². The zero-order valence-electron chi connectivity index (χ0n) is 16.7. The van der Waals surface area contributed by atoms with Crippen molar-refractivity contribution in [1.82, 2.24) is 0 Å². The quantitative estimate of drug-likeness (QED) is 0.245. The molecule has 0 aromatic heterocycles. The van der Waals surface area contributed by atoms with Crippen molar-refractivity contribution in [2.24, 2.45) is 0 Å². The highest BCUT2D eigenvalue weighted by molar-refractivity contribution is 5.68. The lowest BCUT2D eigenvalue weighted by molar-refractivity contribution is -0.253. The SMILES string of the molecule is C=CCCC[C@@H]1O[C@H](COC(C)=O)[C@@H](OC(C)=O)[C@H](OC(C)=O)[C@H]1OC(C)=O. The summed E-state index contributed by atoms with van der Waals surface area (Å²) >= 11 is 0. The van der Waals surface area contributed by atoms with Crippen LogP contribution in [-0.4, -0.2) is 61.0 Å². The molecule has 0 unspecified atom stereocenters. The van der Waals surface area contributed by atoms with Crippen LogP contribution in [0.3, 0.4) is 0 Å². The normalized spacial score (nSPS) is 26.6. The number of esters is 4. The molecule has 5 atom stereocenters. The van der Waals surface area contributed by atoms with Gasteiger partial charge in [-0.2, -0.15) is 0 Å². The first kappa shape index (κ1) is 23.6. The third kappa shape index (κ3) is 7.67. The number of hydrogen-bond donors (Lipinski definition) is 0. The summed E-state index contributed by atoms with van der Waals surface area (Å²) in [5.41, 5.74) is 0. The third-order valence-electron chi connectivity index (χ3n) is 3.98. The maximum absolute atomic E-state index is 11.7. The average Bonchev–Trinajstić information content (AvgIpc) is 2.57. The number of rotatable bonds is 9. The van der Waals surface area contributed by atoms with Crippen molar-refractivity contribution < 1.29 is 42.9 Å². The summed E-state index contributed by atoms with van der Waals surface area (Å²) in [6.45, 7) is 8.28. The lowest BCUT2D eigenvalue weighted by Crippen LogP contribution is -2.62. The smallest absolute Gasteiger partial charge is 0.303 e. The minimum absolute atomic E-state index is 0.213. The van der Waals surface area contributed by atoms with E-state index in [0.29, 0.717) is 19.3 Å². The summed E-state index contributed by atoms with van der Waals surface area (Å²) in [4.78, 5) is 46.1. The Hall–Kier alpha value is -2.42. The Morgan fingerprint density at radius 1 is 0.821 bits per heavy atom. The highest BCUT2D eigenvalue weighted by Crippen LogP contribution is 2.31. The lowest BCUT2D eigenvalue weighted by atomic mass is 9.91. The van der Waals surface area contributed by atoms with E-state index in [4.69, 9.17) is 23.7 Å². The van der Waals surface area contributed by atoms with E-state index in [9.17, 15) is 19.2 Å². The lowest BCUT2D eigenvalue weighted by Gasteiger charge is -2.44. The van der Waals surface area contributed by atoms with Gasteiger partial charge in [-0.1, -0.05) is 6.08 Å². The van der Waals surface area contributed by atoms with E-state index in [0.717, 1.165) is 0 Å². The molecule has 28 heavy (non-hydrogen) atoms. The van der Waals surface area contributed by atoms with Crippen LogP contribution in [0.2, 0.25) is 0 Å². The zero-order valence-corrected chi connectivity index (χ0v) is 16.7. The van der Waals surface area contributed by atoms with Gasteiger partial charge in [0.05, 0.1) is 6.10 Å². The molecule has 0 aromatic rings. The number of carbonyl (C=O) groups excluding carboxylic acids is 4. The van der Waals surface area contributed by atoms with Crippen LogP contribution in [-0.2, 0) is 42.9 Å². The van der Waals surface area contributed by atoms with Gasteiger partial charge in [0.25, 0.3) is 0 Å². The van der Waals surface area contributed by atoms with E-state index >= 15 is 0 Å². The second-order valence-corrected chi connectivity index (χ2v) is 6.46. The van der Waals surface area contributed by atoms with E-state index in [-0.39, 0.29) is 6.61 Å². The maximum atomic E-state index is 11.7. The van der Waals surface area contributed by atoms with Crippen molar-refractivity contribution in [2.45, 2.75) is 77.5 Å². The van der Waals surface area contributed by atoms with E-state index in [1.165, 1.54) is 27.7 Å². The van der Waals surface area contributed by atoms with Crippen molar-refractivity contribution in [3.05, 3.63) is 12.7 Å². The molecular weight excluding hydrogens is 372 g/mol. The second kappa shape index (κ2) is 11.4. The van der Waals surface area contributed by atoms with Crippen molar-refractivity contribution >= 4 is 23.9 Å². The average molecular weight is 400 g/mol. The van der Waals surface area contributed by atoms with Crippen molar-refractivity contribution in [2.75, 3.05) is 6.61 Å². The van der Waals surface area contributed by atoms with Crippen LogP contribution >= 0.6 is 0 Å². The zero-order chi connectivity index (χ0) is 21.3. The van der Waals surface area contributed by atoms with Crippen molar-refractivity contribution in [3.63, 3.8) is 0 Å². The van der Waals surface area contributed by atoms with Crippen LogP contribution in [0.25, 0.3) is 0 Å². The monoisotopic (exact) mass is 400 g/mol. The second-order valence-electron chi connectivity index (χ2n) is 6.46. The Morgan fingerprint density at radius 2 is 1.32 bits per heavy atom. The molecule has 1 rings (SSSR count). The molecule has 0 aliphatic carbocycles. The molecular formula is C19H28O9. The van der Waals surface area contributed by atoms with Gasteiger partial charge in [0.2, 0.25) is 0 Å². The van der Waals surface area contributed by atoms with Crippen molar-refractivity contribution in [1.29, 1.82) is 0 Å². The first-order chi connectivity index (χ1) is 13.1. The highest BCUT2D eigenvalue weighted by atomic mass is 16.7. The predicted octanol–water partition coefficient (Wildman–Crippen LogP) is 1.47. The molecule has 0 spiro atoms. The fraction of sp³-hybridized carbons (Fsp3) is 0.684. The number of ether oxygens (including phenoxy) is 5. The third-order valence-corrected chi connectivity index (χ3v) is 3.98. The van der Waals surface area contributed by atoms with Crippen LogP contribution in [0.1, 0.15) is 47.0 Å². The van der Waals surface area contributed by atoms with E-state index in [1.807, 2.05) is 0 Å². The Labute approximate surface area is 164 Å². The molecule has 9 nitrogen and oxygen atoms in total. The van der Waals surface area contributed by atoms with Crippen LogP contribution in [0, 0.1) is 0 Å². The number of unbranched alkanes of at least 4 members (excludes halogenated alkanes) is 1. The molecule has 1 aliphatic heterocycles. The Morgan fingerprint density at radius 3 is 1.79 bits per heavy atom. The summed E-state index contributed by atoms with van der Waals surface area (Å²) in [5, 5.41) is 0. The molecule has 158 valence electrons. The first-order valence-electron chi connectivity index (χ1n) is 9.07. The minimum Gasteiger partial charge on any atom is -0.463 e. The molecule has 0 amide bonds. The summed E-state index contributed by atoms with van der Waals surface area (Å²) in [6, 6.07) is 0. The molecule has 1 saturated heterocycles. The topological polar surface area (TPSA) is 114 Å². The maximum Gasteiger partial charge on any atom is 0.303 e. The molecule has 0 bridgehead atoms. The molecule has 0 N–H and O–H groups in total. The Kier molecular flexibility index (Phi) is 9.64. The summed E-state index contributed by atoms with van der Waals surface area (Å²) in [5.74, 6) is -2.43. The first-order valence-corrected chi connectivity index (χ1v) is 9.07. The fourth-order valence-electron chi connectivity index (χ4n) is 3.01. The van der Waals surface area contributed by atoms with Gasteiger partial charge in [0.1, 0.15) is 12.7 Å². The number of hydrogen-bond acceptors (Lipinski definition) is 9. The number of carbonyl (C=O) groups is 4. The summed E-state index contributed by atoms with van der Waals surface area (Å²) < 4.78 is 27.0. The Balaban J connectivity index is 3.22. The van der Waals surface area contributed by atoms with Crippen LogP contribution in [0.15, 0.2) is 12.7 Å². The Bertz CT molecular complexity index is 586. The molecule has 0 saturated carbocycles. The van der Waals surface area contributed by atoms with Crippen LogP contribution in [0.5, 0.6) is 0 Å². The predicted molar refractivity (Wildman–Crippen MR) is 96.0 cm³/mol. The van der Waals surface area contributed by atoms with Crippen LogP contribution < -0.4 is 0 Å². The van der Waals surface area contributed by atoms with Gasteiger partial charge in [0, 0.05) is 27.7 Å². The van der Waals surface area contributed by atoms with Gasteiger partial charge in [0.15, 0.2) is 18.3 Å². The van der Waals surface area contributed by atoms with Gasteiger partial charge < -0.3 is 23.7 Å². The van der Waals surface area contributed by atoms with E-state index in [1.54, 1.807) is 6.08 Å². The molecule has 9 heteroatoms. The molecule has 1 fully saturated rings. The largest absolute Gasteiger partial charge is 0.463 e. The van der Waals surface area contributed by atoms with Crippen molar-refractivity contribution in [3.8, 4) is 0 Å². The van der Waals surface area contributed by atoms with Gasteiger partial charge in [-0.15, -0.1) is 6.58 Å². The summed E-state index contributed by atoms with van der Waals surface area (Å²) in [6.07, 6.45) is -1.16. The standard InChI is InChI=1S/C19H28O9/c1-6-7-8-9-15-17(25-12(3)21)19(27-14(5)23)18(26-13(4)22)16(28-15)10-24-11(2)20/h6,15-19H,1,7-10H2,2-5H3/t15-,16+,17-,18+,19+/m0/s1.